The average molecular weight is 316 g/mol. The Labute approximate surface area is 144 Å². The van der Waals surface area contributed by atoms with Crippen LogP contribution in [-0.4, -0.2) is 18.5 Å². The van der Waals surface area contributed by atoms with Crippen LogP contribution >= 0.6 is 0 Å². The van der Waals surface area contributed by atoms with E-state index in [0.717, 1.165) is 30.9 Å². The molecule has 0 aliphatic rings. The van der Waals surface area contributed by atoms with Gasteiger partial charge in [0.15, 0.2) is 0 Å². The minimum absolute atomic E-state index is 0.971. The van der Waals surface area contributed by atoms with Gasteiger partial charge in [0.2, 0.25) is 0 Å². The Kier molecular flexibility index (Phi) is 5.65. The van der Waals surface area contributed by atoms with Gasteiger partial charge in [-0.2, -0.15) is 0 Å². The average Bonchev–Trinajstić information content (AvgIpc) is 2.63. The lowest BCUT2D eigenvalue weighted by Gasteiger charge is -2.17. The third-order valence-electron chi connectivity index (χ3n) is 4.09. The van der Waals surface area contributed by atoms with E-state index in [4.69, 9.17) is 0 Å². The number of hydrogen-bond donors (Lipinski definition) is 1. The Morgan fingerprint density at radius 1 is 0.667 bits per heavy atom. The van der Waals surface area contributed by atoms with Crippen molar-refractivity contribution in [2.45, 2.75) is 13.0 Å². The summed E-state index contributed by atoms with van der Waals surface area (Å²) < 4.78 is 0. The maximum absolute atomic E-state index is 3.42. The summed E-state index contributed by atoms with van der Waals surface area (Å²) in [7, 11) is 2.18. The highest BCUT2D eigenvalue weighted by molar-refractivity contribution is 5.59. The van der Waals surface area contributed by atoms with Crippen molar-refractivity contribution in [1.29, 1.82) is 0 Å². The van der Waals surface area contributed by atoms with E-state index in [1.54, 1.807) is 0 Å². The molecule has 3 aromatic carbocycles. The molecule has 0 radical (unpaired) electrons. The van der Waals surface area contributed by atoms with Crippen LogP contribution in [0.1, 0.15) is 11.1 Å². The van der Waals surface area contributed by atoms with Gasteiger partial charge in [-0.1, -0.05) is 60.7 Å². The van der Waals surface area contributed by atoms with Crippen LogP contribution in [0, 0.1) is 0 Å². The van der Waals surface area contributed by atoms with Crippen molar-refractivity contribution in [2.24, 2.45) is 0 Å². The van der Waals surface area contributed by atoms with Crippen LogP contribution in [0.25, 0.3) is 0 Å². The lowest BCUT2D eigenvalue weighted by Crippen LogP contribution is -2.20. The largest absolute Gasteiger partial charge is 0.356 e. The monoisotopic (exact) mass is 316 g/mol. The van der Waals surface area contributed by atoms with Crippen molar-refractivity contribution < 1.29 is 0 Å². The zero-order chi connectivity index (χ0) is 16.6. The maximum atomic E-state index is 3.42. The van der Waals surface area contributed by atoms with Crippen LogP contribution in [0.3, 0.4) is 0 Å². The molecule has 3 aromatic rings. The molecule has 1 N–H and O–H groups in total. The van der Waals surface area contributed by atoms with E-state index in [1.807, 2.05) is 18.2 Å². The second-order valence-corrected chi connectivity index (χ2v) is 6.16. The van der Waals surface area contributed by atoms with Gasteiger partial charge in [-0.3, -0.25) is 0 Å². The van der Waals surface area contributed by atoms with E-state index in [1.165, 1.54) is 11.1 Å². The van der Waals surface area contributed by atoms with E-state index in [-0.39, 0.29) is 0 Å². The Morgan fingerprint density at radius 2 is 1.25 bits per heavy atom. The van der Waals surface area contributed by atoms with Crippen molar-refractivity contribution >= 4 is 11.4 Å². The van der Waals surface area contributed by atoms with E-state index >= 15 is 0 Å². The number of likely N-dealkylation sites (N-methyl/N-ethyl adjacent to an activating group) is 1. The van der Waals surface area contributed by atoms with Gasteiger partial charge in [-0.05, 0) is 48.9 Å². The summed E-state index contributed by atoms with van der Waals surface area (Å²) >= 11 is 0. The summed E-state index contributed by atoms with van der Waals surface area (Å²) in [5.74, 6) is 0. The Hall–Kier alpha value is -2.58. The molecule has 2 nitrogen and oxygen atoms in total. The fourth-order valence-electron chi connectivity index (χ4n) is 2.74. The first-order chi connectivity index (χ1) is 11.8. The third-order valence-corrected chi connectivity index (χ3v) is 4.09. The molecule has 0 unspecified atom stereocenters. The van der Waals surface area contributed by atoms with Gasteiger partial charge in [-0.15, -0.1) is 0 Å². The van der Waals surface area contributed by atoms with Crippen LogP contribution in [0.5, 0.6) is 0 Å². The molecule has 0 bridgehead atoms. The fraction of sp³-hybridized carbons (Fsp3) is 0.182. The molecule has 0 saturated heterocycles. The lowest BCUT2D eigenvalue weighted by molar-refractivity contribution is 0.331. The minimum atomic E-state index is 0.971. The molecule has 0 aliphatic carbocycles. The second-order valence-electron chi connectivity index (χ2n) is 6.16. The van der Waals surface area contributed by atoms with Crippen molar-refractivity contribution in [1.82, 2.24) is 4.90 Å². The highest BCUT2D eigenvalue weighted by Gasteiger charge is 2.02. The molecule has 24 heavy (non-hydrogen) atoms. The number of anilines is 2. The number of rotatable bonds is 7. The normalized spacial score (nSPS) is 10.8. The summed E-state index contributed by atoms with van der Waals surface area (Å²) in [6.45, 7) is 2.03. The first-order valence-electron chi connectivity index (χ1n) is 8.43. The van der Waals surface area contributed by atoms with Crippen LogP contribution in [-0.2, 0) is 13.0 Å². The SMILES string of the molecule is CN(CCc1ccccc1)Cc1ccc(Nc2ccccc2)cc1. The third kappa shape index (κ3) is 4.97. The van der Waals surface area contributed by atoms with E-state index in [2.05, 4.69) is 84.0 Å². The Balaban J connectivity index is 1.50. The molecular formula is C22H24N2. The van der Waals surface area contributed by atoms with Gasteiger partial charge in [0, 0.05) is 24.5 Å². The molecule has 3 rings (SSSR count). The molecule has 0 fully saturated rings. The molecule has 0 atom stereocenters. The first kappa shape index (κ1) is 16.3. The smallest absolute Gasteiger partial charge is 0.0384 e. The second kappa shape index (κ2) is 8.32. The standard InChI is InChI=1S/C22H24N2/c1-24(17-16-19-8-4-2-5-9-19)18-20-12-14-22(15-13-20)23-21-10-6-3-7-11-21/h2-15,23H,16-18H2,1H3. The summed E-state index contributed by atoms with van der Waals surface area (Å²) in [4.78, 5) is 2.37. The molecule has 122 valence electrons. The molecule has 0 aliphatic heterocycles. The quantitative estimate of drug-likeness (QED) is 0.652. The molecule has 0 aromatic heterocycles. The maximum Gasteiger partial charge on any atom is 0.0384 e. The predicted octanol–water partition coefficient (Wildman–Crippen LogP) is 5.10. The zero-order valence-electron chi connectivity index (χ0n) is 14.2. The van der Waals surface area contributed by atoms with Gasteiger partial charge in [0.25, 0.3) is 0 Å². The lowest BCUT2D eigenvalue weighted by atomic mass is 10.1. The van der Waals surface area contributed by atoms with E-state index in [0.29, 0.717) is 0 Å². The number of nitrogens with one attached hydrogen (secondary N) is 1. The molecule has 0 saturated carbocycles. The number of hydrogen-bond acceptors (Lipinski definition) is 2. The first-order valence-corrected chi connectivity index (χ1v) is 8.43. The van der Waals surface area contributed by atoms with E-state index < -0.39 is 0 Å². The fourth-order valence-corrected chi connectivity index (χ4v) is 2.74. The zero-order valence-corrected chi connectivity index (χ0v) is 14.2. The summed E-state index contributed by atoms with van der Waals surface area (Å²) in [6, 6.07) is 29.6. The van der Waals surface area contributed by atoms with Crippen LogP contribution in [0.2, 0.25) is 0 Å². The van der Waals surface area contributed by atoms with Crippen molar-refractivity contribution in [2.75, 3.05) is 18.9 Å². The number of nitrogens with zero attached hydrogens (tertiary/aromatic N) is 1. The highest BCUT2D eigenvalue weighted by atomic mass is 15.1. The van der Waals surface area contributed by atoms with Gasteiger partial charge < -0.3 is 10.2 Å². The molecule has 2 heteroatoms. The summed E-state index contributed by atoms with van der Waals surface area (Å²) in [5.41, 5.74) is 4.97. The Morgan fingerprint density at radius 3 is 1.92 bits per heavy atom. The number of benzene rings is 3. The molecule has 0 heterocycles. The van der Waals surface area contributed by atoms with Crippen LogP contribution in [0.15, 0.2) is 84.9 Å². The highest BCUT2D eigenvalue weighted by Crippen LogP contribution is 2.17. The summed E-state index contributed by atoms with van der Waals surface area (Å²) in [5, 5.41) is 3.42. The topological polar surface area (TPSA) is 15.3 Å². The van der Waals surface area contributed by atoms with Crippen LogP contribution in [0.4, 0.5) is 11.4 Å². The van der Waals surface area contributed by atoms with Crippen molar-refractivity contribution in [3.63, 3.8) is 0 Å². The van der Waals surface area contributed by atoms with Crippen molar-refractivity contribution in [3.05, 3.63) is 96.1 Å². The minimum Gasteiger partial charge on any atom is -0.356 e. The van der Waals surface area contributed by atoms with Crippen LogP contribution < -0.4 is 5.32 Å². The van der Waals surface area contributed by atoms with Gasteiger partial charge in [-0.25, -0.2) is 0 Å². The van der Waals surface area contributed by atoms with Gasteiger partial charge >= 0.3 is 0 Å². The molecular weight excluding hydrogens is 292 g/mol. The van der Waals surface area contributed by atoms with E-state index in [9.17, 15) is 0 Å². The van der Waals surface area contributed by atoms with Gasteiger partial charge in [0.05, 0.1) is 0 Å². The van der Waals surface area contributed by atoms with Crippen molar-refractivity contribution in [3.8, 4) is 0 Å². The Bertz CT molecular complexity index is 721. The number of para-hydroxylation sites is 1. The predicted molar refractivity (Wildman–Crippen MR) is 103 cm³/mol. The van der Waals surface area contributed by atoms with Gasteiger partial charge in [0.1, 0.15) is 0 Å². The molecule has 0 amide bonds. The summed E-state index contributed by atoms with van der Waals surface area (Å²) in [6.07, 6.45) is 1.09. The molecule has 0 spiro atoms.